The van der Waals surface area contributed by atoms with E-state index >= 15 is 0 Å². The van der Waals surface area contributed by atoms with Gasteiger partial charge in [-0.3, -0.25) is 9.69 Å². The molecule has 0 bridgehead atoms. The number of amides is 1. The van der Waals surface area contributed by atoms with Crippen molar-refractivity contribution in [2.75, 3.05) is 57.4 Å². The number of carbonyl (C=O) groups is 1. The van der Waals surface area contributed by atoms with Crippen molar-refractivity contribution in [3.05, 3.63) is 0 Å². The Kier molecular flexibility index (Phi) is 8.82. The highest BCUT2D eigenvalue weighted by atomic mass is 35.5. The summed E-state index contributed by atoms with van der Waals surface area (Å²) in [5, 5.41) is 6.49. The van der Waals surface area contributed by atoms with Gasteiger partial charge in [0.1, 0.15) is 0 Å². The number of ether oxygens (including phenoxy) is 1. The van der Waals surface area contributed by atoms with E-state index in [4.69, 9.17) is 4.74 Å². The number of halogens is 2. The smallest absolute Gasteiger partial charge is 0.224 e. The molecule has 2 atom stereocenters. The maximum Gasteiger partial charge on any atom is 0.224 e. The van der Waals surface area contributed by atoms with Crippen molar-refractivity contribution in [3.63, 3.8) is 0 Å². The second-order valence-electron chi connectivity index (χ2n) is 6.03. The fourth-order valence-electron chi connectivity index (χ4n) is 3.41. The van der Waals surface area contributed by atoms with E-state index in [1.807, 2.05) is 11.8 Å². The fourth-order valence-corrected chi connectivity index (χ4v) is 4.89. The molecule has 3 rings (SSSR count). The average Bonchev–Trinajstić information content (AvgIpc) is 3.18. The van der Waals surface area contributed by atoms with Crippen LogP contribution >= 0.6 is 36.6 Å². The third kappa shape index (κ3) is 4.65. The van der Waals surface area contributed by atoms with Crippen LogP contribution in [0.2, 0.25) is 0 Å². The van der Waals surface area contributed by atoms with Crippen LogP contribution < -0.4 is 10.6 Å². The topological polar surface area (TPSA) is 53.6 Å². The Bertz CT molecular complexity index is 345. The quantitative estimate of drug-likeness (QED) is 0.764. The molecule has 3 fully saturated rings. The van der Waals surface area contributed by atoms with Gasteiger partial charge in [0.15, 0.2) is 0 Å². The lowest BCUT2D eigenvalue weighted by Gasteiger charge is -2.43. The van der Waals surface area contributed by atoms with E-state index in [1.165, 1.54) is 12.2 Å². The lowest BCUT2D eigenvalue weighted by molar-refractivity contribution is -0.125. The van der Waals surface area contributed by atoms with Gasteiger partial charge in [0, 0.05) is 37.5 Å². The number of nitrogens with one attached hydrogen (secondary N) is 2. The van der Waals surface area contributed by atoms with Crippen LogP contribution in [-0.2, 0) is 9.53 Å². The van der Waals surface area contributed by atoms with Gasteiger partial charge < -0.3 is 15.4 Å². The highest BCUT2D eigenvalue weighted by Gasteiger charge is 2.41. The SMILES string of the molecule is Cl.Cl.O=C(NCC1(N2CCOCC2)CCSC1)C1CCNC1. The molecule has 3 aliphatic heterocycles. The van der Waals surface area contributed by atoms with Crippen molar-refractivity contribution in [3.8, 4) is 0 Å². The second kappa shape index (κ2) is 9.55. The first-order valence-corrected chi connectivity index (χ1v) is 8.85. The molecule has 22 heavy (non-hydrogen) atoms. The Balaban J connectivity index is 0.00000121. The fraction of sp³-hybridized carbons (Fsp3) is 0.929. The third-order valence-corrected chi connectivity index (χ3v) is 6.02. The highest BCUT2D eigenvalue weighted by Crippen LogP contribution is 2.33. The van der Waals surface area contributed by atoms with Crippen molar-refractivity contribution in [1.82, 2.24) is 15.5 Å². The molecule has 0 spiro atoms. The standard InChI is InChI=1S/C14H25N3O2S.2ClH/c18-13(12-1-3-15-9-12)16-10-14(2-8-20-11-14)17-4-6-19-7-5-17;;/h12,15H,1-11H2,(H,16,18);2*1H. The van der Waals surface area contributed by atoms with Gasteiger partial charge in [-0.25, -0.2) is 0 Å². The number of carbonyl (C=O) groups excluding carboxylic acids is 1. The van der Waals surface area contributed by atoms with Crippen LogP contribution in [-0.4, -0.2) is 73.8 Å². The normalized spacial score (nSPS) is 32.1. The minimum Gasteiger partial charge on any atom is -0.379 e. The molecule has 0 aliphatic carbocycles. The van der Waals surface area contributed by atoms with Gasteiger partial charge in [0.05, 0.1) is 19.1 Å². The lowest BCUT2D eigenvalue weighted by Crippen LogP contribution is -2.59. The van der Waals surface area contributed by atoms with Gasteiger partial charge in [-0.05, 0) is 25.1 Å². The number of hydrogen-bond donors (Lipinski definition) is 2. The first-order chi connectivity index (χ1) is 9.80. The summed E-state index contributed by atoms with van der Waals surface area (Å²) < 4.78 is 5.47. The van der Waals surface area contributed by atoms with Gasteiger partial charge in [0.25, 0.3) is 0 Å². The van der Waals surface area contributed by atoms with Crippen molar-refractivity contribution < 1.29 is 9.53 Å². The molecule has 2 unspecified atom stereocenters. The predicted octanol–water partition coefficient (Wildman–Crippen LogP) is 0.764. The first kappa shape index (κ1) is 20.3. The third-order valence-electron chi connectivity index (χ3n) is 4.79. The van der Waals surface area contributed by atoms with Crippen LogP contribution in [0.4, 0.5) is 0 Å². The average molecular weight is 372 g/mol. The second-order valence-corrected chi connectivity index (χ2v) is 7.14. The van der Waals surface area contributed by atoms with Crippen LogP contribution in [0.1, 0.15) is 12.8 Å². The van der Waals surface area contributed by atoms with Gasteiger partial charge in [-0.15, -0.1) is 24.8 Å². The van der Waals surface area contributed by atoms with E-state index in [0.29, 0.717) is 0 Å². The Morgan fingerprint density at radius 1 is 1.36 bits per heavy atom. The van der Waals surface area contributed by atoms with Crippen molar-refractivity contribution in [1.29, 1.82) is 0 Å². The van der Waals surface area contributed by atoms with E-state index in [-0.39, 0.29) is 42.2 Å². The molecule has 0 aromatic heterocycles. The maximum absolute atomic E-state index is 12.2. The van der Waals surface area contributed by atoms with E-state index in [0.717, 1.165) is 58.1 Å². The molecule has 0 saturated carbocycles. The molecular formula is C14H27Cl2N3O2S. The largest absolute Gasteiger partial charge is 0.379 e. The summed E-state index contributed by atoms with van der Waals surface area (Å²) in [6.45, 7) is 6.27. The van der Waals surface area contributed by atoms with E-state index in [1.54, 1.807) is 0 Å². The summed E-state index contributed by atoms with van der Waals surface area (Å²) in [6, 6.07) is 0. The van der Waals surface area contributed by atoms with Crippen molar-refractivity contribution in [2.45, 2.75) is 18.4 Å². The molecule has 8 heteroatoms. The summed E-state index contributed by atoms with van der Waals surface area (Å²) in [4.78, 5) is 14.8. The van der Waals surface area contributed by atoms with E-state index in [2.05, 4.69) is 15.5 Å². The summed E-state index contributed by atoms with van der Waals surface area (Å²) in [7, 11) is 0. The van der Waals surface area contributed by atoms with Crippen LogP contribution in [0.5, 0.6) is 0 Å². The molecule has 0 aromatic rings. The van der Waals surface area contributed by atoms with Crippen LogP contribution in [0.25, 0.3) is 0 Å². The highest BCUT2D eigenvalue weighted by molar-refractivity contribution is 7.99. The maximum atomic E-state index is 12.2. The molecule has 0 radical (unpaired) electrons. The number of nitrogens with zero attached hydrogens (tertiary/aromatic N) is 1. The molecule has 3 heterocycles. The van der Waals surface area contributed by atoms with Crippen LogP contribution in [0.3, 0.4) is 0 Å². The summed E-state index contributed by atoms with van der Waals surface area (Å²) in [5.41, 5.74) is 0.163. The van der Waals surface area contributed by atoms with Crippen LogP contribution in [0, 0.1) is 5.92 Å². The van der Waals surface area contributed by atoms with Gasteiger partial charge >= 0.3 is 0 Å². The molecular weight excluding hydrogens is 345 g/mol. The first-order valence-electron chi connectivity index (χ1n) is 7.69. The Morgan fingerprint density at radius 2 is 2.14 bits per heavy atom. The van der Waals surface area contributed by atoms with Gasteiger partial charge in [0.2, 0.25) is 5.91 Å². The minimum absolute atomic E-state index is 0. The number of thioether (sulfide) groups is 1. The number of rotatable bonds is 4. The molecule has 2 N–H and O–H groups in total. The Morgan fingerprint density at radius 3 is 2.73 bits per heavy atom. The molecule has 0 aromatic carbocycles. The molecule has 1 amide bonds. The summed E-state index contributed by atoms with van der Waals surface area (Å²) in [5.74, 6) is 2.75. The predicted molar refractivity (Wildman–Crippen MR) is 95.5 cm³/mol. The zero-order valence-corrected chi connectivity index (χ0v) is 15.3. The summed E-state index contributed by atoms with van der Waals surface area (Å²) >= 11 is 2.01. The Hall–Kier alpha value is 0.280. The number of morpholine rings is 1. The van der Waals surface area contributed by atoms with Crippen molar-refractivity contribution >= 4 is 42.5 Å². The van der Waals surface area contributed by atoms with Gasteiger partial charge in [-0.2, -0.15) is 11.8 Å². The molecule has 3 aliphatic rings. The lowest BCUT2D eigenvalue weighted by atomic mass is 9.95. The molecule has 3 saturated heterocycles. The summed E-state index contributed by atoms with van der Waals surface area (Å²) in [6.07, 6.45) is 2.16. The minimum atomic E-state index is 0. The van der Waals surface area contributed by atoms with Crippen molar-refractivity contribution in [2.24, 2.45) is 5.92 Å². The van der Waals surface area contributed by atoms with E-state index in [9.17, 15) is 4.79 Å². The number of hydrogen-bond acceptors (Lipinski definition) is 5. The zero-order chi connectivity index (χ0) is 13.8. The molecule has 130 valence electrons. The zero-order valence-electron chi connectivity index (χ0n) is 12.8. The Labute approximate surface area is 149 Å². The van der Waals surface area contributed by atoms with E-state index < -0.39 is 0 Å². The molecule has 5 nitrogen and oxygen atoms in total. The van der Waals surface area contributed by atoms with Gasteiger partial charge in [-0.1, -0.05) is 0 Å². The monoisotopic (exact) mass is 371 g/mol. The van der Waals surface area contributed by atoms with Crippen LogP contribution in [0.15, 0.2) is 0 Å².